The molecule has 0 bridgehead atoms. The molecule has 7 nitrogen and oxygen atoms in total. The molecular weight excluding hydrogens is 761 g/mol. The van der Waals surface area contributed by atoms with E-state index in [4.69, 9.17) is 23.7 Å². The fraction of sp³-hybridized carbons (Fsp3) is 0.444. The summed E-state index contributed by atoms with van der Waals surface area (Å²) in [6.45, 7) is 14.0. The standard InChI is InChI=1S/C54H66O7/c1-6-41-11-13-42(14-12-41)15-16-43-33-35-54(36-34-43,45-19-23-48(24-20-45)60-50-29-31-51(32-30-50)61-53(56)40(4)5)44-17-21-47(22-18-44)59-49-27-25-46(26-28-49)57-37-9-7-8-10-38-58-52(55)39(2)3/h17-32,41-43H,2,4,6-16,33-38H2,1,3,5H3. The van der Waals surface area contributed by atoms with E-state index < -0.39 is 5.97 Å². The molecule has 4 aromatic carbocycles. The molecule has 0 radical (unpaired) electrons. The predicted octanol–water partition coefficient (Wildman–Crippen LogP) is 14.3. The summed E-state index contributed by atoms with van der Waals surface area (Å²) in [7, 11) is 0. The number of carbonyl (C=O) groups excluding carboxylic acids is 2. The molecule has 0 spiro atoms. The minimum Gasteiger partial charge on any atom is -0.494 e. The van der Waals surface area contributed by atoms with Gasteiger partial charge in [0.05, 0.1) is 13.2 Å². The van der Waals surface area contributed by atoms with Crippen LogP contribution in [0, 0.1) is 17.8 Å². The van der Waals surface area contributed by atoms with E-state index >= 15 is 0 Å². The van der Waals surface area contributed by atoms with E-state index in [1.165, 1.54) is 68.9 Å². The van der Waals surface area contributed by atoms with Crippen molar-refractivity contribution in [3.05, 3.63) is 132 Å². The Morgan fingerprint density at radius 2 is 0.934 bits per heavy atom. The zero-order valence-corrected chi connectivity index (χ0v) is 36.8. The van der Waals surface area contributed by atoms with Gasteiger partial charge in [-0.2, -0.15) is 0 Å². The summed E-state index contributed by atoms with van der Waals surface area (Å²) in [5.74, 6) is 6.13. The second-order valence-electron chi connectivity index (χ2n) is 17.4. The predicted molar refractivity (Wildman–Crippen MR) is 244 cm³/mol. The van der Waals surface area contributed by atoms with Crippen LogP contribution in [0.2, 0.25) is 0 Å². The highest BCUT2D eigenvalue weighted by Gasteiger charge is 2.38. The van der Waals surface area contributed by atoms with E-state index in [1.54, 1.807) is 38.1 Å². The Hall–Kier alpha value is -5.30. The van der Waals surface area contributed by atoms with Gasteiger partial charge in [0, 0.05) is 16.6 Å². The molecule has 0 N–H and O–H groups in total. The lowest BCUT2D eigenvalue weighted by molar-refractivity contribution is -0.139. The van der Waals surface area contributed by atoms with Crippen molar-refractivity contribution in [2.24, 2.45) is 17.8 Å². The first-order valence-corrected chi connectivity index (χ1v) is 22.7. The highest BCUT2D eigenvalue weighted by molar-refractivity contribution is 5.88. The van der Waals surface area contributed by atoms with Crippen molar-refractivity contribution in [2.75, 3.05) is 13.2 Å². The Morgan fingerprint density at radius 3 is 1.41 bits per heavy atom. The number of ether oxygens (including phenoxy) is 5. The molecular formula is C54H66O7. The van der Waals surface area contributed by atoms with E-state index in [1.807, 2.05) is 24.3 Å². The van der Waals surface area contributed by atoms with Gasteiger partial charge in [-0.3, -0.25) is 0 Å². The van der Waals surface area contributed by atoms with Gasteiger partial charge in [-0.05, 0) is 167 Å². The maximum atomic E-state index is 11.9. The summed E-state index contributed by atoms with van der Waals surface area (Å²) < 4.78 is 29.0. The number of hydrogen-bond acceptors (Lipinski definition) is 7. The molecule has 2 saturated carbocycles. The van der Waals surface area contributed by atoms with Gasteiger partial charge in [0.25, 0.3) is 0 Å². The van der Waals surface area contributed by atoms with Gasteiger partial charge in [0.2, 0.25) is 0 Å². The molecule has 2 aliphatic carbocycles. The zero-order chi connectivity index (χ0) is 43.0. The third-order valence-electron chi connectivity index (χ3n) is 12.9. The third kappa shape index (κ3) is 13.3. The fourth-order valence-corrected chi connectivity index (χ4v) is 8.97. The summed E-state index contributed by atoms with van der Waals surface area (Å²) in [4.78, 5) is 23.4. The topological polar surface area (TPSA) is 80.3 Å². The van der Waals surface area contributed by atoms with Crippen LogP contribution >= 0.6 is 0 Å². The first kappa shape index (κ1) is 45.2. The van der Waals surface area contributed by atoms with Crippen LogP contribution in [0.4, 0.5) is 0 Å². The summed E-state index contributed by atoms with van der Waals surface area (Å²) >= 11 is 0. The second kappa shape index (κ2) is 22.5. The minimum absolute atomic E-state index is 0.0992. The Morgan fingerprint density at radius 1 is 0.525 bits per heavy atom. The number of rotatable bonds is 21. The van der Waals surface area contributed by atoms with Gasteiger partial charge in [0.1, 0.15) is 34.5 Å². The Kier molecular flexibility index (Phi) is 16.7. The van der Waals surface area contributed by atoms with E-state index in [0.717, 1.165) is 79.3 Å². The lowest BCUT2D eigenvalue weighted by Crippen LogP contribution is -2.33. The van der Waals surface area contributed by atoms with Crippen molar-refractivity contribution >= 4 is 11.9 Å². The largest absolute Gasteiger partial charge is 0.494 e. The van der Waals surface area contributed by atoms with Crippen molar-refractivity contribution in [1.82, 2.24) is 0 Å². The SMILES string of the molecule is C=C(C)C(=O)OCCCCCCOc1ccc(Oc2ccc(C3(c4ccc(Oc5ccc(OC(=O)C(=C)C)cc5)cc4)CCC(CCC4CCC(CC)CC4)CC3)cc2)cc1. The maximum Gasteiger partial charge on any atom is 0.338 e. The van der Waals surface area contributed by atoms with Gasteiger partial charge in [-0.15, -0.1) is 0 Å². The first-order valence-electron chi connectivity index (χ1n) is 22.7. The normalized spacial score (nSPS) is 20.0. The van der Waals surface area contributed by atoms with Crippen LogP contribution in [-0.4, -0.2) is 25.2 Å². The Labute approximate surface area is 364 Å². The molecule has 61 heavy (non-hydrogen) atoms. The monoisotopic (exact) mass is 826 g/mol. The number of carbonyl (C=O) groups is 2. The molecule has 0 atom stereocenters. The summed E-state index contributed by atoms with van der Waals surface area (Å²) in [5, 5.41) is 0. The number of esters is 2. The van der Waals surface area contributed by atoms with E-state index in [2.05, 4.69) is 68.6 Å². The molecule has 0 amide bonds. The van der Waals surface area contributed by atoms with Gasteiger partial charge in [0.15, 0.2) is 0 Å². The van der Waals surface area contributed by atoms with E-state index in [9.17, 15) is 9.59 Å². The van der Waals surface area contributed by atoms with Crippen LogP contribution in [0.5, 0.6) is 34.5 Å². The number of hydrogen-bond donors (Lipinski definition) is 0. The van der Waals surface area contributed by atoms with Crippen molar-refractivity contribution in [3.63, 3.8) is 0 Å². The van der Waals surface area contributed by atoms with Crippen LogP contribution in [-0.2, 0) is 19.7 Å². The molecule has 324 valence electrons. The maximum absolute atomic E-state index is 11.9. The summed E-state index contributed by atoms with van der Waals surface area (Å²) in [6.07, 6.45) is 18.2. The lowest BCUT2D eigenvalue weighted by atomic mass is 9.62. The average molecular weight is 827 g/mol. The zero-order valence-electron chi connectivity index (χ0n) is 36.8. The molecule has 6 rings (SSSR count). The third-order valence-corrected chi connectivity index (χ3v) is 12.9. The van der Waals surface area contributed by atoms with Crippen molar-refractivity contribution in [3.8, 4) is 34.5 Å². The molecule has 4 aromatic rings. The lowest BCUT2D eigenvalue weighted by Gasteiger charge is -2.42. The summed E-state index contributed by atoms with van der Waals surface area (Å²) in [5.41, 5.74) is 3.32. The Bertz CT molecular complexity index is 2000. The van der Waals surface area contributed by atoms with Gasteiger partial charge in [-0.25, -0.2) is 9.59 Å². The van der Waals surface area contributed by atoms with Gasteiger partial charge < -0.3 is 23.7 Å². The van der Waals surface area contributed by atoms with Crippen molar-refractivity contribution < 1.29 is 33.3 Å². The highest BCUT2D eigenvalue weighted by atomic mass is 16.5. The van der Waals surface area contributed by atoms with Crippen molar-refractivity contribution in [1.29, 1.82) is 0 Å². The average Bonchev–Trinajstić information content (AvgIpc) is 3.28. The fourth-order valence-electron chi connectivity index (χ4n) is 8.97. The van der Waals surface area contributed by atoms with Crippen molar-refractivity contribution in [2.45, 2.75) is 122 Å². The molecule has 0 aliphatic heterocycles. The summed E-state index contributed by atoms with van der Waals surface area (Å²) in [6, 6.07) is 32.2. The molecule has 0 aromatic heterocycles. The van der Waals surface area contributed by atoms with Crippen LogP contribution in [0.15, 0.2) is 121 Å². The van der Waals surface area contributed by atoms with Crippen LogP contribution in [0.1, 0.15) is 128 Å². The number of benzene rings is 4. The molecule has 0 unspecified atom stereocenters. The van der Waals surface area contributed by atoms with E-state index in [-0.39, 0.29) is 11.4 Å². The highest BCUT2D eigenvalue weighted by Crippen LogP contribution is 2.49. The van der Waals surface area contributed by atoms with Gasteiger partial charge in [-0.1, -0.05) is 89.3 Å². The molecule has 7 heteroatoms. The van der Waals surface area contributed by atoms with Crippen LogP contribution < -0.4 is 18.9 Å². The Balaban J connectivity index is 1.06. The van der Waals surface area contributed by atoms with E-state index in [0.29, 0.717) is 35.9 Å². The first-order chi connectivity index (χ1) is 29.6. The molecule has 0 saturated heterocycles. The molecule has 2 fully saturated rings. The number of unbranched alkanes of at least 4 members (excludes halogenated alkanes) is 3. The minimum atomic E-state index is -0.446. The second-order valence-corrected chi connectivity index (χ2v) is 17.4. The van der Waals surface area contributed by atoms with Gasteiger partial charge >= 0.3 is 11.9 Å². The van der Waals surface area contributed by atoms with Crippen LogP contribution in [0.25, 0.3) is 0 Å². The smallest absolute Gasteiger partial charge is 0.338 e. The quantitative estimate of drug-likeness (QED) is 0.0358. The molecule has 2 aliphatic rings. The van der Waals surface area contributed by atoms with Crippen LogP contribution in [0.3, 0.4) is 0 Å². The molecule has 0 heterocycles.